The summed E-state index contributed by atoms with van der Waals surface area (Å²) in [6.45, 7) is 7.78. The van der Waals surface area contributed by atoms with Crippen LogP contribution in [0.3, 0.4) is 0 Å². The van der Waals surface area contributed by atoms with E-state index in [9.17, 15) is 19.2 Å². The van der Waals surface area contributed by atoms with Gasteiger partial charge in [-0.25, -0.2) is 19.6 Å². The summed E-state index contributed by atoms with van der Waals surface area (Å²) in [4.78, 5) is 73.8. The fourth-order valence-corrected chi connectivity index (χ4v) is 12.6. The number of hydrogen-bond acceptors (Lipinski definition) is 8. The number of benzene rings is 2. The number of piperidine rings is 2. The minimum atomic E-state index is -0.680. The van der Waals surface area contributed by atoms with Gasteiger partial charge in [0.2, 0.25) is 11.8 Å². The molecular formula is C49H60N8O6. The number of nitrogens with one attached hydrogen (secondary N) is 4. The Bertz CT molecular complexity index is 2420. The molecule has 6 aliphatic rings. The smallest absolute Gasteiger partial charge is 0.407 e. The number of H-pyrrole nitrogens is 2. The van der Waals surface area contributed by atoms with Crippen molar-refractivity contribution in [2.45, 2.75) is 134 Å². The standard InChI is InChI=1S/C49H60N8O6/c1-24(2)40(54-48(60)62-5)46(58)56-32-15-13-30(20-32)42(56)44-50-22-36(52-44)27-9-7-26(8-10-27)34-17-18-35(39-29-12-11-28(19-29)38(34)39)37-23-51-45(53-37)43-31-14-16-33(21-31)57(43)47(59)41(25(3)4)55-49(61)63-6/h7-10,17-18,22-25,28-33,40-43H,11-16,19-21H2,1-6H3,(H,50,52)(H,51,53)(H,54,60)(H,55,61)/t28?,29?,30-,31-,32+,33+,40-,41-,42-,43-/m0/s1. The summed E-state index contributed by atoms with van der Waals surface area (Å²) in [5.74, 6) is 2.90. The number of aromatic nitrogens is 4. The molecule has 332 valence electrons. The van der Waals surface area contributed by atoms with Gasteiger partial charge in [-0.15, -0.1) is 0 Å². The Kier molecular flexibility index (Phi) is 10.6. The number of alkyl carbamates (subject to hydrolysis) is 2. The van der Waals surface area contributed by atoms with Crippen molar-refractivity contribution >= 4 is 24.0 Å². The highest BCUT2D eigenvalue weighted by atomic mass is 16.5. The number of imidazole rings is 2. The average molecular weight is 857 g/mol. The molecule has 2 aromatic carbocycles. The molecule has 5 fully saturated rings. The summed E-state index contributed by atoms with van der Waals surface area (Å²) >= 11 is 0. The Labute approximate surface area is 368 Å². The van der Waals surface area contributed by atoms with E-state index >= 15 is 0 Å². The van der Waals surface area contributed by atoms with Crippen molar-refractivity contribution in [3.63, 3.8) is 0 Å². The number of carbonyl (C=O) groups is 4. The summed E-state index contributed by atoms with van der Waals surface area (Å²) < 4.78 is 9.73. The van der Waals surface area contributed by atoms with Gasteiger partial charge >= 0.3 is 12.2 Å². The number of rotatable bonds is 11. The maximum absolute atomic E-state index is 14.2. The molecule has 4 aliphatic carbocycles. The summed E-state index contributed by atoms with van der Waals surface area (Å²) in [5, 5.41) is 5.58. The molecule has 2 unspecified atom stereocenters. The molecule has 63 heavy (non-hydrogen) atoms. The third-order valence-electron chi connectivity index (χ3n) is 15.5. The van der Waals surface area contributed by atoms with Gasteiger partial charge in [0.1, 0.15) is 23.7 Å². The normalized spacial score (nSPS) is 27.3. The van der Waals surface area contributed by atoms with Crippen LogP contribution in [0.5, 0.6) is 0 Å². The first-order chi connectivity index (χ1) is 30.4. The molecule has 10 atom stereocenters. The number of methoxy groups -OCH3 is 2. The first-order valence-corrected chi connectivity index (χ1v) is 23.1. The molecule has 4 N–H and O–H groups in total. The van der Waals surface area contributed by atoms with Gasteiger partial charge in [-0.3, -0.25) is 9.59 Å². The number of fused-ring (bicyclic) bond motifs is 9. The van der Waals surface area contributed by atoms with Crippen LogP contribution in [0, 0.1) is 23.7 Å². The molecule has 3 saturated carbocycles. The second-order valence-corrected chi connectivity index (χ2v) is 19.7. The monoisotopic (exact) mass is 856 g/mol. The van der Waals surface area contributed by atoms with Gasteiger partial charge < -0.3 is 39.9 Å². The van der Waals surface area contributed by atoms with Crippen LogP contribution in [0.4, 0.5) is 9.59 Å². The van der Waals surface area contributed by atoms with Crippen LogP contribution < -0.4 is 10.6 Å². The summed E-state index contributed by atoms with van der Waals surface area (Å²) in [6.07, 6.45) is 12.1. The minimum absolute atomic E-state index is 0.0718. The SMILES string of the molecule is COC(=O)N[C@H](C(=O)N1[C@@H]2CC[C@@H](C2)[C@H]1c1ncc(-c2ccc(-c3ccc(-c4cnc([C@@H]5[C@H]6CC[C@H](C6)N5C(=O)[C@@H](NC(=O)OC)C(C)C)[nH]4)c4c3C3CCC4C3)cc2)[nH]1)C(C)C. The largest absolute Gasteiger partial charge is 0.453 e. The fourth-order valence-electron chi connectivity index (χ4n) is 12.6. The topological polar surface area (TPSA) is 175 Å². The number of aromatic amines is 2. The Balaban J connectivity index is 0.902. The van der Waals surface area contributed by atoms with E-state index in [-0.39, 0.29) is 47.8 Å². The van der Waals surface area contributed by atoms with Crippen LogP contribution in [0.15, 0.2) is 48.8 Å². The molecule has 14 nitrogen and oxygen atoms in total. The Morgan fingerprint density at radius 2 is 1.06 bits per heavy atom. The molecule has 4 heterocycles. The second-order valence-electron chi connectivity index (χ2n) is 19.7. The van der Waals surface area contributed by atoms with Crippen molar-refractivity contribution in [3.8, 4) is 33.6 Å². The molecule has 10 rings (SSSR count). The summed E-state index contributed by atoms with van der Waals surface area (Å²) in [5.41, 5.74) is 9.45. The number of hydrogen-bond donors (Lipinski definition) is 4. The lowest BCUT2D eigenvalue weighted by molar-refractivity contribution is -0.140. The van der Waals surface area contributed by atoms with E-state index in [1.54, 1.807) is 0 Å². The van der Waals surface area contributed by atoms with Gasteiger partial charge in [0.15, 0.2) is 0 Å². The predicted octanol–water partition coefficient (Wildman–Crippen LogP) is 8.36. The lowest BCUT2D eigenvalue weighted by Gasteiger charge is -2.37. The average Bonchev–Trinajstić information content (AvgIpc) is 4.16. The Morgan fingerprint density at radius 3 is 1.57 bits per heavy atom. The zero-order valence-corrected chi connectivity index (χ0v) is 37.1. The number of carbonyl (C=O) groups excluding carboxylic acids is 4. The number of likely N-dealkylation sites (tertiary alicyclic amines) is 2. The fraction of sp³-hybridized carbons (Fsp3) is 0.551. The number of ether oxygens (including phenoxy) is 2. The highest BCUT2D eigenvalue weighted by Crippen LogP contribution is 2.59. The van der Waals surface area contributed by atoms with Crippen molar-refractivity contribution in [2.75, 3.05) is 14.2 Å². The molecule has 2 saturated heterocycles. The molecular weight excluding hydrogens is 797 g/mol. The van der Waals surface area contributed by atoms with Crippen LogP contribution >= 0.6 is 0 Å². The third-order valence-corrected chi connectivity index (χ3v) is 15.5. The van der Waals surface area contributed by atoms with Crippen molar-refractivity contribution in [1.82, 2.24) is 40.4 Å². The molecule has 2 aromatic heterocycles. The van der Waals surface area contributed by atoms with E-state index in [0.29, 0.717) is 23.7 Å². The van der Waals surface area contributed by atoms with E-state index in [1.165, 1.54) is 54.9 Å². The van der Waals surface area contributed by atoms with Gasteiger partial charge in [0.05, 0.1) is 50.1 Å². The number of amides is 4. The van der Waals surface area contributed by atoms with Crippen LogP contribution in [-0.4, -0.2) is 92.1 Å². The maximum atomic E-state index is 14.2. The van der Waals surface area contributed by atoms with E-state index in [2.05, 4.69) is 57.0 Å². The van der Waals surface area contributed by atoms with Crippen LogP contribution in [0.25, 0.3) is 33.6 Å². The van der Waals surface area contributed by atoms with Gasteiger partial charge in [-0.1, -0.05) is 64.1 Å². The van der Waals surface area contributed by atoms with E-state index in [0.717, 1.165) is 73.5 Å². The van der Waals surface area contributed by atoms with Gasteiger partial charge in [0.25, 0.3) is 0 Å². The van der Waals surface area contributed by atoms with Gasteiger partial charge in [-0.05, 0) is 121 Å². The number of nitrogens with zero attached hydrogens (tertiary/aromatic N) is 4. The quantitative estimate of drug-likeness (QED) is 0.116. The first kappa shape index (κ1) is 41.4. The molecule has 4 aromatic rings. The molecule has 14 heteroatoms. The lowest BCUT2D eigenvalue weighted by Crippen LogP contribution is -2.54. The van der Waals surface area contributed by atoms with Gasteiger partial charge in [0, 0.05) is 17.6 Å². The van der Waals surface area contributed by atoms with Crippen molar-refractivity contribution in [2.24, 2.45) is 23.7 Å². The zero-order valence-electron chi connectivity index (χ0n) is 37.1. The third kappa shape index (κ3) is 6.98. The predicted molar refractivity (Wildman–Crippen MR) is 236 cm³/mol. The Morgan fingerprint density at radius 1 is 0.603 bits per heavy atom. The molecule has 2 aliphatic heterocycles. The molecule has 4 amide bonds. The highest BCUT2D eigenvalue weighted by molar-refractivity contribution is 5.88. The van der Waals surface area contributed by atoms with Crippen molar-refractivity contribution in [1.29, 1.82) is 0 Å². The van der Waals surface area contributed by atoms with Crippen LogP contribution in [0.1, 0.15) is 132 Å². The van der Waals surface area contributed by atoms with Crippen LogP contribution in [0.2, 0.25) is 0 Å². The first-order valence-electron chi connectivity index (χ1n) is 23.1. The summed E-state index contributed by atoms with van der Waals surface area (Å²) in [6, 6.07) is 11.8. The Hall–Kier alpha value is -5.66. The van der Waals surface area contributed by atoms with Gasteiger partial charge in [-0.2, -0.15) is 0 Å². The zero-order chi connectivity index (χ0) is 43.8. The van der Waals surface area contributed by atoms with E-state index < -0.39 is 24.3 Å². The lowest BCUT2D eigenvalue weighted by atomic mass is 9.82. The molecule has 0 radical (unpaired) electrons. The minimum Gasteiger partial charge on any atom is -0.453 e. The van der Waals surface area contributed by atoms with E-state index in [1.807, 2.05) is 49.9 Å². The van der Waals surface area contributed by atoms with Crippen LogP contribution in [-0.2, 0) is 19.1 Å². The van der Waals surface area contributed by atoms with E-state index in [4.69, 9.17) is 19.4 Å². The highest BCUT2D eigenvalue weighted by Gasteiger charge is 2.53. The second kappa shape index (κ2) is 16.2. The maximum Gasteiger partial charge on any atom is 0.407 e. The van der Waals surface area contributed by atoms with Crippen molar-refractivity contribution in [3.05, 3.63) is 71.6 Å². The molecule has 0 spiro atoms. The molecule has 6 bridgehead atoms. The summed E-state index contributed by atoms with van der Waals surface area (Å²) in [7, 11) is 2.64. The van der Waals surface area contributed by atoms with Crippen molar-refractivity contribution < 1.29 is 28.7 Å².